The van der Waals surface area contributed by atoms with Gasteiger partial charge in [-0.3, -0.25) is 5.41 Å². The number of nitriles is 1. The van der Waals surface area contributed by atoms with Gasteiger partial charge in [-0.1, -0.05) is 12.1 Å². The van der Waals surface area contributed by atoms with Gasteiger partial charge in [0, 0.05) is 5.56 Å². The van der Waals surface area contributed by atoms with Crippen molar-refractivity contribution < 1.29 is 4.39 Å². The first-order chi connectivity index (χ1) is 5.25. The van der Waals surface area contributed by atoms with Gasteiger partial charge in [0.2, 0.25) is 0 Å². The Labute approximate surface area is 63.4 Å². The molecule has 0 saturated carbocycles. The van der Waals surface area contributed by atoms with E-state index in [-0.39, 0.29) is 11.3 Å². The molecule has 1 N–H and O–H groups in total. The molecule has 0 aliphatic heterocycles. The molecule has 1 aromatic carbocycles. The standard InChI is InChI=1S/C8H5FN2/c9-7-4-2-1-3-6(7)8(11)5-10/h1-4,11H. The lowest BCUT2D eigenvalue weighted by Gasteiger charge is -1.94. The molecule has 0 amide bonds. The fourth-order valence-corrected chi connectivity index (χ4v) is 0.724. The van der Waals surface area contributed by atoms with Crippen LogP contribution >= 0.6 is 0 Å². The SMILES string of the molecule is N#CC(=N)c1ccccc1F. The summed E-state index contributed by atoms with van der Waals surface area (Å²) in [4.78, 5) is 0. The summed E-state index contributed by atoms with van der Waals surface area (Å²) >= 11 is 0. The molecule has 0 saturated heterocycles. The summed E-state index contributed by atoms with van der Waals surface area (Å²) in [6.45, 7) is 0. The van der Waals surface area contributed by atoms with E-state index in [0.29, 0.717) is 0 Å². The first-order valence-electron chi connectivity index (χ1n) is 2.99. The van der Waals surface area contributed by atoms with Gasteiger partial charge in [-0.05, 0) is 12.1 Å². The summed E-state index contributed by atoms with van der Waals surface area (Å²) in [6, 6.07) is 7.30. The number of rotatable bonds is 1. The van der Waals surface area contributed by atoms with Gasteiger partial charge in [0.1, 0.15) is 17.6 Å². The maximum atomic E-state index is 12.7. The molecule has 0 aliphatic rings. The third-order valence-electron chi connectivity index (χ3n) is 1.25. The van der Waals surface area contributed by atoms with E-state index in [1.165, 1.54) is 18.2 Å². The van der Waals surface area contributed by atoms with E-state index in [2.05, 4.69) is 0 Å². The predicted molar refractivity (Wildman–Crippen MR) is 38.8 cm³/mol. The average Bonchev–Trinajstić information content (AvgIpc) is 2.04. The molecule has 0 fully saturated rings. The number of halogens is 1. The van der Waals surface area contributed by atoms with Crippen LogP contribution in [0.3, 0.4) is 0 Å². The fourth-order valence-electron chi connectivity index (χ4n) is 0.724. The Morgan fingerprint density at radius 1 is 1.45 bits per heavy atom. The van der Waals surface area contributed by atoms with E-state index < -0.39 is 5.82 Å². The normalized spacial score (nSPS) is 8.73. The maximum Gasteiger partial charge on any atom is 0.142 e. The van der Waals surface area contributed by atoms with Crippen molar-refractivity contribution in [1.82, 2.24) is 0 Å². The Bertz CT molecular complexity index is 325. The molecule has 0 bridgehead atoms. The Kier molecular flexibility index (Phi) is 1.98. The minimum atomic E-state index is -0.529. The monoisotopic (exact) mass is 148 g/mol. The molecule has 2 nitrogen and oxygen atoms in total. The lowest BCUT2D eigenvalue weighted by molar-refractivity contribution is 0.625. The minimum absolute atomic E-state index is 0.0509. The molecule has 0 aliphatic carbocycles. The van der Waals surface area contributed by atoms with Crippen molar-refractivity contribution >= 4 is 5.71 Å². The van der Waals surface area contributed by atoms with E-state index in [9.17, 15) is 4.39 Å². The zero-order valence-corrected chi connectivity index (χ0v) is 5.63. The lowest BCUT2D eigenvalue weighted by atomic mass is 10.1. The first-order valence-corrected chi connectivity index (χ1v) is 2.99. The van der Waals surface area contributed by atoms with Crippen LogP contribution < -0.4 is 0 Å². The molecule has 54 valence electrons. The second-order valence-corrected chi connectivity index (χ2v) is 1.97. The molecule has 0 atom stereocenters. The lowest BCUT2D eigenvalue weighted by Crippen LogP contribution is -1.97. The zero-order valence-electron chi connectivity index (χ0n) is 5.63. The van der Waals surface area contributed by atoms with Gasteiger partial charge in [0.05, 0.1) is 0 Å². The summed E-state index contributed by atoms with van der Waals surface area (Å²) in [5, 5.41) is 15.3. The molecule has 0 unspecified atom stereocenters. The van der Waals surface area contributed by atoms with Crippen molar-refractivity contribution in [3.63, 3.8) is 0 Å². The second kappa shape index (κ2) is 2.93. The smallest absolute Gasteiger partial charge is 0.142 e. The van der Waals surface area contributed by atoms with Crippen LogP contribution in [-0.2, 0) is 0 Å². The molecular formula is C8H5FN2. The Morgan fingerprint density at radius 2 is 2.09 bits per heavy atom. The van der Waals surface area contributed by atoms with Gasteiger partial charge in [0.25, 0.3) is 0 Å². The highest BCUT2D eigenvalue weighted by Crippen LogP contribution is 2.05. The molecule has 3 heteroatoms. The number of benzene rings is 1. The van der Waals surface area contributed by atoms with Crippen LogP contribution in [0.15, 0.2) is 24.3 Å². The third kappa shape index (κ3) is 1.41. The molecular weight excluding hydrogens is 143 g/mol. The number of hydrogen-bond acceptors (Lipinski definition) is 2. The summed E-state index contributed by atoms with van der Waals surface area (Å²) in [5.41, 5.74) is -0.293. The van der Waals surface area contributed by atoms with Gasteiger partial charge in [-0.2, -0.15) is 5.26 Å². The van der Waals surface area contributed by atoms with Crippen molar-refractivity contribution in [2.24, 2.45) is 0 Å². The van der Waals surface area contributed by atoms with E-state index in [1.807, 2.05) is 0 Å². The highest BCUT2D eigenvalue weighted by atomic mass is 19.1. The Morgan fingerprint density at radius 3 is 2.64 bits per heavy atom. The van der Waals surface area contributed by atoms with Crippen molar-refractivity contribution in [2.45, 2.75) is 0 Å². The molecule has 11 heavy (non-hydrogen) atoms. The largest absolute Gasteiger partial charge is 0.290 e. The van der Waals surface area contributed by atoms with Crippen molar-refractivity contribution in [2.75, 3.05) is 0 Å². The van der Waals surface area contributed by atoms with Crippen LogP contribution in [0.1, 0.15) is 5.56 Å². The van der Waals surface area contributed by atoms with Crippen LogP contribution in [-0.4, -0.2) is 5.71 Å². The first kappa shape index (κ1) is 7.42. The minimum Gasteiger partial charge on any atom is -0.290 e. The van der Waals surface area contributed by atoms with Crippen LogP contribution in [0, 0.1) is 22.6 Å². The van der Waals surface area contributed by atoms with E-state index in [4.69, 9.17) is 10.7 Å². The van der Waals surface area contributed by atoms with Crippen LogP contribution in [0.25, 0.3) is 0 Å². The summed E-state index contributed by atoms with van der Waals surface area (Å²) in [7, 11) is 0. The zero-order chi connectivity index (χ0) is 8.27. The molecule has 0 radical (unpaired) electrons. The number of nitrogens with zero attached hydrogens (tertiary/aromatic N) is 1. The van der Waals surface area contributed by atoms with E-state index >= 15 is 0 Å². The topological polar surface area (TPSA) is 47.6 Å². The molecule has 0 spiro atoms. The predicted octanol–water partition coefficient (Wildman–Crippen LogP) is 1.72. The quantitative estimate of drug-likeness (QED) is 0.605. The van der Waals surface area contributed by atoms with Crippen LogP contribution in [0.4, 0.5) is 4.39 Å². The van der Waals surface area contributed by atoms with Gasteiger partial charge >= 0.3 is 0 Å². The summed E-state index contributed by atoms with van der Waals surface area (Å²) in [6.07, 6.45) is 0. The van der Waals surface area contributed by atoms with Crippen LogP contribution in [0.5, 0.6) is 0 Å². The van der Waals surface area contributed by atoms with Crippen molar-refractivity contribution in [1.29, 1.82) is 10.7 Å². The molecule has 0 heterocycles. The second-order valence-electron chi connectivity index (χ2n) is 1.97. The molecule has 1 aromatic rings. The number of hydrogen-bond donors (Lipinski definition) is 1. The third-order valence-corrected chi connectivity index (χ3v) is 1.25. The van der Waals surface area contributed by atoms with Gasteiger partial charge in [-0.25, -0.2) is 4.39 Å². The van der Waals surface area contributed by atoms with Gasteiger partial charge in [0.15, 0.2) is 0 Å². The molecule has 1 rings (SSSR count). The van der Waals surface area contributed by atoms with E-state index in [1.54, 1.807) is 12.1 Å². The highest BCUT2D eigenvalue weighted by molar-refractivity contribution is 6.09. The van der Waals surface area contributed by atoms with Crippen molar-refractivity contribution in [3.05, 3.63) is 35.6 Å². The van der Waals surface area contributed by atoms with E-state index in [0.717, 1.165) is 0 Å². The summed E-state index contributed by atoms with van der Waals surface area (Å²) in [5.74, 6) is -0.529. The fraction of sp³-hybridized carbons (Fsp3) is 0. The van der Waals surface area contributed by atoms with Crippen molar-refractivity contribution in [3.8, 4) is 6.07 Å². The van der Waals surface area contributed by atoms with Gasteiger partial charge in [-0.15, -0.1) is 0 Å². The highest BCUT2D eigenvalue weighted by Gasteiger charge is 2.04. The average molecular weight is 148 g/mol. The Balaban J connectivity index is 3.16. The van der Waals surface area contributed by atoms with Crippen LogP contribution in [0.2, 0.25) is 0 Å². The van der Waals surface area contributed by atoms with Gasteiger partial charge < -0.3 is 0 Å². The summed E-state index contributed by atoms with van der Waals surface area (Å²) < 4.78 is 12.7. The maximum absolute atomic E-state index is 12.7. The number of nitrogens with one attached hydrogen (secondary N) is 1. The Hall–Kier alpha value is -1.69. The molecule has 0 aromatic heterocycles.